The van der Waals surface area contributed by atoms with Gasteiger partial charge in [0.15, 0.2) is 0 Å². The number of likely N-dealkylation sites (tertiary alicyclic amines) is 1. The molecule has 214 valence electrons. The number of fused-ring (bicyclic) bond motifs is 1. The van der Waals surface area contributed by atoms with Crippen LogP contribution >= 0.6 is 0 Å². The second kappa shape index (κ2) is 12.0. The molecule has 1 fully saturated rings. The van der Waals surface area contributed by atoms with Crippen LogP contribution in [0, 0.1) is 12.7 Å². The molecule has 1 N–H and O–H groups in total. The first-order valence-electron chi connectivity index (χ1n) is 13.5. The number of benzene rings is 3. The summed E-state index contributed by atoms with van der Waals surface area (Å²) >= 11 is 0. The van der Waals surface area contributed by atoms with Crippen molar-refractivity contribution in [1.82, 2.24) is 15.1 Å². The standard InChI is InChI=1S/C31H30F3N3O4/c1-19-13-23(20-5-7-21(8-6-20)30(39)35-17-28(33)34)14-24-18-36(11-12-41-29(19)24)31(40)37-10-9-26(38)16-27(37)22-3-2-4-25(32)15-22/h2-8,13-15,27-28H,9-12,16-18H2,1H3,(H,35,39). The van der Waals surface area contributed by atoms with Gasteiger partial charge in [-0.15, -0.1) is 0 Å². The van der Waals surface area contributed by atoms with E-state index in [0.29, 0.717) is 24.5 Å². The highest BCUT2D eigenvalue weighted by atomic mass is 19.3. The van der Waals surface area contributed by atoms with Gasteiger partial charge in [-0.25, -0.2) is 18.0 Å². The Balaban J connectivity index is 1.38. The number of ether oxygens (including phenoxy) is 1. The number of aryl methyl sites for hydroxylation is 1. The van der Waals surface area contributed by atoms with E-state index in [0.717, 1.165) is 22.3 Å². The van der Waals surface area contributed by atoms with Crippen LogP contribution < -0.4 is 10.1 Å². The number of nitrogens with one attached hydrogen (secondary N) is 1. The molecule has 0 bridgehead atoms. The Labute approximate surface area is 235 Å². The number of halogens is 3. The van der Waals surface area contributed by atoms with Crippen molar-refractivity contribution < 1.29 is 32.3 Å². The van der Waals surface area contributed by atoms with Gasteiger partial charge in [0, 0.05) is 30.5 Å². The van der Waals surface area contributed by atoms with Crippen LogP contribution in [0.25, 0.3) is 11.1 Å². The van der Waals surface area contributed by atoms with Gasteiger partial charge in [0.05, 0.1) is 25.7 Å². The largest absolute Gasteiger partial charge is 0.491 e. The van der Waals surface area contributed by atoms with Crippen molar-refractivity contribution in [2.75, 3.05) is 26.2 Å². The number of urea groups is 1. The zero-order chi connectivity index (χ0) is 29.1. The topological polar surface area (TPSA) is 79.0 Å². The number of carbonyl (C=O) groups excluding carboxylic acids is 3. The van der Waals surface area contributed by atoms with Crippen LogP contribution in [-0.2, 0) is 11.3 Å². The van der Waals surface area contributed by atoms with Gasteiger partial charge in [0.1, 0.15) is 24.0 Å². The van der Waals surface area contributed by atoms with Crippen LogP contribution in [0.15, 0.2) is 60.7 Å². The van der Waals surface area contributed by atoms with Crippen molar-refractivity contribution in [2.24, 2.45) is 0 Å². The Morgan fingerprint density at radius 3 is 2.56 bits per heavy atom. The molecule has 3 aromatic carbocycles. The lowest BCUT2D eigenvalue weighted by Crippen LogP contribution is -2.48. The number of nitrogens with zero attached hydrogens (tertiary/aromatic N) is 2. The molecule has 0 aliphatic carbocycles. The molecule has 7 nitrogen and oxygen atoms in total. The summed E-state index contributed by atoms with van der Waals surface area (Å²) in [6.07, 6.45) is -2.24. The van der Waals surface area contributed by atoms with E-state index in [1.807, 2.05) is 19.1 Å². The fraction of sp³-hybridized carbons (Fsp3) is 0.323. The van der Waals surface area contributed by atoms with Crippen molar-refractivity contribution in [2.45, 2.75) is 38.8 Å². The first-order valence-corrected chi connectivity index (χ1v) is 13.5. The van der Waals surface area contributed by atoms with E-state index in [-0.39, 0.29) is 43.3 Å². The predicted molar refractivity (Wildman–Crippen MR) is 146 cm³/mol. The molecule has 10 heteroatoms. The van der Waals surface area contributed by atoms with Crippen LogP contribution in [0.5, 0.6) is 5.75 Å². The molecule has 2 heterocycles. The molecule has 5 rings (SSSR count). The third-order valence-corrected chi connectivity index (χ3v) is 7.40. The first-order chi connectivity index (χ1) is 19.7. The van der Waals surface area contributed by atoms with Gasteiger partial charge in [-0.05, 0) is 65.6 Å². The summed E-state index contributed by atoms with van der Waals surface area (Å²) in [7, 11) is 0. The summed E-state index contributed by atoms with van der Waals surface area (Å²) < 4.78 is 44.9. The van der Waals surface area contributed by atoms with Crippen molar-refractivity contribution in [1.29, 1.82) is 0 Å². The van der Waals surface area contributed by atoms with Gasteiger partial charge in [0.2, 0.25) is 0 Å². The van der Waals surface area contributed by atoms with Crippen molar-refractivity contribution >= 4 is 17.7 Å². The molecule has 0 radical (unpaired) electrons. The van der Waals surface area contributed by atoms with Gasteiger partial charge in [-0.3, -0.25) is 9.59 Å². The Morgan fingerprint density at radius 2 is 1.83 bits per heavy atom. The summed E-state index contributed by atoms with van der Waals surface area (Å²) in [6.45, 7) is 2.36. The second-order valence-corrected chi connectivity index (χ2v) is 10.3. The maximum absolute atomic E-state index is 14.0. The molecule has 1 unspecified atom stereocenters. The van der Waals surface area contributed by atoms with Crippen LogP contribution in [0.1, 0.15) is 45.9 Å². The maximum Gasteiger partial charge on any atom is 0.320 e. The number of Topliss-reactive ketones (excluding diaryl/α,β-unsaturated/α-hetero) is 1. The van der Waals surface area contributed by atoms with Crippen LogP contribution in [-0.4, -0.2) is 60.2 Å². The lowest BCUT2D eigenvalue weighted by molar-refractivity contribution is -0.122. The highest BCUT2D eigenvalue weighted by molar-refractivity contribution is 5.94. The zero-order valence-electron chi connectivity index (χ0n) is 22.5. The van der Waals surface area contributed by atoms with Crippen LogP contribution in [0.2, 0.25) is 0 Å². The molecule has 0 spiro atoms. The normalized spacial score (nSPS) is 17.1. The van der Waals surface area contributed by atoms with Crippen molar-refractivity contribution in [3.8, 4) is 16.9 Å². The molecular weight excluding hydrogens is 535 g/mol. The zero-order valence-corrected chi connectivity index (χ0v) is 22.5. The second-order valence-electron chi connectivity index (χ2n) is 10.3. The average Bonchev–Trinajstić information content (AvgIpc) is 3.18. The fourth-order valence-electron chi connectivity index (χ4n) is 5.38. The number of hydrogen-bond donors (Lipinski definition) is 1. The number of carbonyl (C=O) groups is 3. The highest BCUT2D eigenvalue weighted by Gasteiger charge is 2.35. The van der Waals surface area contributed by atoms with Gasteiger partial charge < -0.3 is 19.9 Å². The fourth-order valence-corrected chi connectivity index (χ4v) is 5.38. The number of piperidine rings is 1. The summed E-state index contributed by atoms with van der Waals surface area (Å²) in [4.78, 5) is 41.6. The molecule has 0 saturated carbocycles. The Kier molecular flexibility index (Phi) is 8.28. The number of rotatable bonds is 5. The van der Waals surface area contributed by atoms with Gasteiger partial charge >= 0.3 is 6.03 Å². The van der Waals surface area contributed by atoms with E-state index >= 15 is 0 Å². The van der Waals surface area contributed by atoms with Gasteiger partial charge in [-0.1, -0.05) is 24.3 Å². The maximum atomic E-state index is 14.0. The molecule has 1 atom stereocenters. The SMILES string of the molecule is Cc1cc(-c2ccc(C(=O)NCC(F)F)cc2)cc2c1OCCN(C(=O)N1CCC(=O)CC1c1cccc(F)c1)C2. The van der Waals surface area contributed by atoms with E-state index in [9.17, 15) is 27.6 Å². The monoisotopic (exact) mass is 565 g/mol. The smallest absolute Gasteiger partial charge is 0.320 e. The third-order valence-electron chi connectivity index (χ3n) is 7.40. The summed E-state index contributed by atoms with van der Waals surface area (Å²) in [5.41, 5.74) is 4.20. The molecule has 0 aromatic heterocycles. The van der Waals surface area contributed by atoms with E-state index in [1.165, 1.54) is 12.1 Å². The quantitative estimate of drug-likeness (QED) is 0.442. The molecule has 2 aliphatic rings. The minimum atomic E-state index is -2.63. The Hall–Kier alpha value is -4.34. The molecular formula is C31H30F3N3O4. The minimum Gasteiger partial charge on any atom is -0.491 e. The lowest BCUT2D eigenvalue weighted by Gasteiger charge is -2.38. The summed E-state index contributed by atoms with van der Waals surface area (Å²) in [5.74, 6) is -0.267. The van der Waals surface area contributed by atoms with E-state index < -0.39 is 30.7 Å². The van der Waals surface area contributed by atoms with E-state index in [2.05, 4.69) is 5.32 Å². The van der Waals surface area contributed by atoms with Crippen molar-refractivity contribution in [3.63, 3.8) is 0 Å². The van der Waals surface area contributed by atoms with E-state index in [1.54, 1.807) is 46.2 Å². The van der Waals surface area contributed by atoms with Crippen LogP contribution in [0.4, 0.5) is 18.0 Å². The van der Waals surface area contributed by atoms with E-state index in [4.69, 9.17) is 4.74 Å². The van der Waals surface area contributed by atoms with Gasteiger partial charge in [0.25, 0.3) is 12.3 Å². The summed E-state index contributed by atoms with van der Waals surface area (Å²) in [6, 6.07) is 15.8. The number of alkyl halides is 2. The highest BCUT2D eigenvalue weighted by Crippen LogP contribution is 2.35. The number of ketones is 1. The molecule has 41 heavy (non-hydrogen) atoms. The number of hydrogen-bond acceptors (Lipinski definition) is 4. The minimum absolute atomic E-state index is 0.0330. The molecule has 3 amide bonds. The van der Waals surface area contributed by atoms with Gasteiger partial charge in [-0.2, -0.15) is 0 Å². The van der Waals surface area contributed by atoms with Crippen molar-refractivity contribution in [3.05, 3.63) is 88.7 Å². The molecule has 2 aliphatic heterocycles. The van der Waals surface area contributed by atoms with Crippen LogP contribution in [0.3, 0.4) is 0 Å². The number of amides is 3. The predicted octanol–water partition coefficient (Wildman–Crippen LogP) is 5.52. The Bertz CT molecular complexity index is 1460. The molecule has 1 saturated heterocycles. The summed E-state index contributed by atoms with van der Waals surface area (Å²) in [5, 5.41) is 2.19. The first kappa shape index (κ1) is 28.2. The average molecular weight is 566 g/mol. The Morgan fingerprint density at radius 1 is 1.05 bits per heavy atom. The lowest BCUT2D eigenvalue weighted by atomic mass is 9.94. The third kappa shape index (κ3) is 6.37. The molecule has 3 aromatic rings.